The first-order valence-electron chi connectivity index (χ1n) is 12.1. The lowest BCUT2D eigenvalue weighted by atomic mass is 9.69. The van der Waals surface area contributed by atoms with Crippen molar-refractivity contribution in [2.75, 3.05) is 0 Å². The molecular formula is C27H36O6. The minimum absolute atomic E-state index is 0.0386. The highest BCUT2D eigenvalue weighted by atomic mass is 16.6. The van der Waals surface area contributed by atoms with Crippen LogP contribution in [0.2, 0.25) is 0 Å². The average molecular weight is 457 g/mol. The summed E-state index contributed by atoms with van der Waals surface area (Å²) in [4.78, 5) is 25.3. The number of hydrogen-bond donors (Lipinski definition) is 1. The number of ether oxygens (including phenoxy) is 3. The van der Waals surface area contributed by atoms with Crippen LogP contribution < -0.4 is 0 Å². The Labute approximate surface area is 196 Å². The van der Waals surface area contributed by atoms with Crippen LogP contribution in [0.1, 0.15) is 59.4 Å². The van der Waals surface area contributed by atoms with Crippen molar-refractivity contribution in [3.8, 4) is 0 Å². The molecule has 0 aromatic heterocycles. The zero-order valence-corrected chi connectivity index (χ0v) is 20.2. The van der Waals surface area contributed by atoms with Crippen molar-refractivity contribution >= 4 is 18.0 Å². The van der Waals surface area contributed by atoms with Crippen molar-refractivity contribution < 1.29 is 28.9 Å². The molecule has 0 amide bonds. The maximum Gasteiger partial charge on any atom is 0.335 e. The van der Waals surface area contributed by atoms with Crippen molar-refractivity contribution in [1.82, 2.24) is 0 Å². The first-order chi connectivity index (χ1) is 15.6. The Kier molecular flexibility index (Phi) is 6.45. The Morgan fingerprint density at radius 1 is 1.15 bits per heavy atom. The lowest BCUT2D eigenvalue weighted by molar-refractivity contribution is -0.265. The second-order valence-electron chi connectivity index (χ2n) is 10.5. The van der Waals surface area contributed by atoms with E-state index in [-0.39, 0.29) is 17.8 Å². The van der Waals surface area contributed by atoms with Gasteiger partial charge in [0.25, 0.3) is 0 Å². The van der Waals surface area contributed by atoms with E-state index in [1.54, 1.807) is 6.08 Å². The van der Waals surface area contributed by atoms with Crippen LogP contribution in [0.5, 0.6) is 0 Å². The zero-order chi connectivity index (χ0) is 24.0. The van der Waals surface area contributed by atoms with Crippen LogP contribution in [0.4, 0.5) is 0 Å². The number of hydrogen-bond acceptors (Lipinski definition) is 6. The second-order valence-corrected chi connectivity index (χ2v) is 10.5. The van der Waals surface area contributed by atoms with Crippen molar-refractivity contribution in [3.05, 3.63) is 42.0 Å². The highest BCUT2D eigenvalue weighted by molar-refractivity contribution is 5.87. The maximum atomic E-state index is 13.0. The highest BCUT2D eigenvalue weighted by Gasteiger charge is 2.72. The summed E-state index contributed by atoms with van der Waals surface area (Å²) in [5.74, 6) is -0.410. The summed E-state index contributed by atoms with van der Waals surface area (Å²) in [5.41, 5.74) is -0.500. The number of carbonyl (C=O) groups excluding carboxylic acids is 2. The molecular weight excluding hydrogens is 420 g/mol. The molecule has 33 heavy (non-hydrogen) atoms. The smallest absolute Gasteiger partial charge is 0.335 e. The van der Waals surface area contributed by atoms with E-state index in [1.807, 2.05) is 37.3 Å². The predicted molar refractivity (Wildman–Crippen MR) is 124 cm³/mol. The lowest BCUT2D eigenvalue weighted by Gasteiger charge is -2.52. The summed E-state index contributed by atoms with van der Waals surface area (Å²) in [7, 11) is 0. The van der Waals surface area contributed by atoms with Gasteiger partial charge in [-0.05, 0) is 56.1 Å². The van der Waals surface area contributed by atoms with E-state index in [0.717, 1.165) is 18.4 Å². The number of esters is 2. The summed E-state index contributed by atoms with van der Waals surface area (Å²) in [6.45, 7) is 9.79. The zero-order valence-electron chi connectivity index (χ0n) is 20.2. The maximum absolute atomic E-state index is 13.0. The van der Waals surface area contributed by atoms with Gasteiger partial charge < -0.3 is 19.3 Å². The van der Waals surface area contributed by atoms with E-state index in [2.05, 4.69) is 20.8 Å². The molecule has 0 spiro atoms. The quantitative estimate of drug-likeness (QED) is 0.511. The van der Waals surface area contributed by atoms with Crippen LogP contribution in [0, 0.1) is 23.7 Å². The van der Waals surface area contributed by atoms with E-state index >= 15 is 0 Å². The van der Waals surface area contributed by atoms with Crippen LogP contribution in [0.25, 0.3) is 6.08 Å². The normalized spacial score (nSPS) is 38.3. The van der Waals surface area contributed by atoms with Crippen LogP contribution >= 0.6 is 0 Å². The fraction of sp³-hybridized carbons (Fsp3) is 0.630. The number of rotatable bonds is 6. The third kappa shape index (κ3) is 4.12. The summed E-state index contributed by atoms with van der Waals surface area (Å²) in [5, 5.41) is 9.74. The highest BCUT2D eigenvalue weighted by Crippen LogP contribution is 2.63. The average Bonchev–Trinajstić information content (AvgIpc) is 3.28. The van der Waals surface area contributed by atoms with E-state index in [4.69, 9.17) is 14.2 Å². The molecule has 1 aromatic carbocycles. The summed E-state index contributed by atoms with van der Waals surface area (Å²) >= 11 is 0. The predicted octanol–water partition coefficient (Wildman–Crippen LogP) is 4.15. The molecule has 2 saturated heterocycles. The minimum Gasteiger partial charge on any atom is -0.457 e. The lowest BCUT2D eigenvalue weighted by Crippen LogP contribution is -2.62. The molecule has 6 heteroatoms. The largest absolute Gasteiger partial charge is 0.457 e. The Morgan fingerprint density at radius 2 is 1.85 bits per heavy atom. The molecule has 180 valence electrons. The Hall–Kier alpha value is -2.18. The summed E-state index contributed by atoms with van der Waals surface area (Å²) in [6.07, 6.45) is 3.49. The molecule has 8 atom stereocenters. The molecule has 2 unspecified atom stereocenters. The fourth-order valence-electron chi connectivity index (χ4n) is 6.38. The molecule has 3 fully saturated rings. The number of benzene rings is 1. The van der Waals surface area contributed by atoms with Crippen molar-refractivity contribution in [2.24, 2.45) is 23.7 Å². The summed E-state index contributed by atoms with van der Waals surface area (Å²) in [6, 6.07) is 9.64. The molecule has 1 N–H and O–H groups in total. The molecule has 4 rings (SSSR count). The van der Waals surface area contributed by atoms with Crippen molar-refractivity contribution in [2.45, 2.75) is 83.4 Å². The third-order valence-corrected chi connectivity index (χ3v) is 8.21. The molecule has 2 aliphatic heterocycles. The van der Waals surface area contributed by atoms with Gasteiger partial charge in [0.15, 0.2) is 0 Å². The monoisotopic (exact) mass is 456 g/mol. The number of aliphatic hydroxyl groups is 1. The molecule has 1 aromatic rings. The molecule has 2 heterocycles. The second kappa shape index (κ2) is 8.88. The molecule has 1 aliphatic carbocycles. The topological polar surface area (TPSA) is 82.1 Å². The third-order valence-electron chi connectivity index (χ3n) is 8.21. The van der Waals surface area contributed by atoms with Crippen LogP contribution in [0.15, 0.2) is 36.4 Å². The van der Waals surface area contributed by atoms with Crippen LogP contribution in [-0.4, -0.2) is 46.6 Å². The van der Waals surface area contributed by atoms with Gasteiger partial charge in [0, 0.05) is 18.4 Å². The van der Waals surface area contributed by atoms with Crippen LogP contribution in [-0.2, 0) is 23.8 Å². The first kappa shape index (κ1) is 24.0. The van der Waals surface area contributed by atoms with Gasteiger partial charge >= 0.3 is 11.9 Å². The van der Waals surface area contributed by atoms with Gasteiger partial charge in [-0.25, -0.2) is 9.59 Å². The van der Waals surface area contributed by atoms with Gasteiger partial charge in [-0.3, -0.25) is 0 Å². The van der Waals surface area contributed by atoms with E-state index in [1.165, 1.54) is 13.0 Å². The van der Waals surface area contributed by atoms with Crippen molar-refractivity contribution in [1.29, 1.82) is 0 Å². The van der Waals surface area contributed by atoms with E-state index in [0.29, 0.717) is 12.3 Å². The number of fused-ring (bicyclic) bond motifs is 4. The Bertz CT molecular complexity index is 908. The Morgan fingerprint density at radius 3 is 2.48 bits per heavy atom. The summed E-state index contributed by atoms with van der Waals surface area (Å²) < 4.78 is 18.8. The van der Waals surface area contributed by atoms with Crippen molar-refractivity contribution in [3.63, 3.8) is 0 Å². The van der Waals surface area contributed by atoms with Gasteiger partial charge in [-0.2, -0.15) is 0 Å². The number of carbonyl (C=O) groups is 2. The SMILES string of the molecule is CC(C)C12C[C@@H](OC(=O)[C@@H](C)O)[C@@](C)(O1)[C@@H]1CC[C@@H](C)[C@H]1C2OC(=O)/C=C/c1ccccc1. The fourth-order valence-corrected chi connectivity index (χ4v) is 6.38. The molecule has 0 radical (unpaired) electrons. The van der Waals surface area contributed by atoms with Gasteiger partial charge in [0.1, 0.15) is 29.5 Å². The minimum atomic E-state index is -1.20. The van der Waals surface area contributed by atoms with Crippen LogP contribution in [0.3, 0.4) is 0 Å². The molecule has 1 saturated carbocycles. The molecule has 3 aliphatic rings. The van der Waals surface area contributed by atoms with Gasteiger partial charge in [-0.1, -0.05) is 51.1 Å². The van der Waals surface area contributed by atoms with E-state index < -0.39 is 41.5 Å². The van der Waals surface area contributed by atoms with Gasteiger partial charge in [-0.15, -0.1) is 0 Å². The number of aliphatic hydroxyl groups excluding tert-OH is 1. The first-order valence-corrected chi connectivity index (χ1v) is 12.1. The molecule has 6 nitrogen and oxygen atoms in total. The van der Waals surface area contributed by atoms with Gasteiger partial charge in [0.05, 0.1) is 0 Å². The van der Waals surface area contributed by atoms with E-state index in [9.17, 15) is 14.7 Å². The Balaban J connectivity index is 1.65. The standard InChI is InChI=1S/C27H36O6/c1-16(2)27-15-21(31-25(30)18(4)28)26(5,33-27)20-13-11-17(3)23(20)24(27)32-22(29)14-12-19-9-7-6-8-10-19/h6-10,12,14,16-18,20-21,23-24,28H,11,13,15H2,1-5H3/b14-12+/t17-,18-,20-,21-,23-,24?,26+,27?/m1/s1. The molecule has 2 bridgehead atoms. The van der Waals surface area contributed by atoms with Gasteiger partial charge in [0.2, 0.25) is 0 Å².